The van der Waals surface area contributed by atoms with E-state index in [4.69, 9.17) is 9.47 Å². The number of carbonyl (C=O) groups excluding carboxylic acids is 1. The summed E-state index contributed by atoms with van der Waals surface area (Å²) in [5.41, 5.74) is 5.27. The standard InChI is InChI=1S/C23H28N2O3/c1-27-12-9-23(26)25-11-13-28-22-7-6-18(14-21(22)17-25)15-24-10-8-19-4-2-3-5-20(19)16-24/h2-7,14H,8-13,15-17H2,1H3. The predicted octanol–water partition coefficient (Wildman–Crippen LogP) is 3.00. The Morgan fingerprint density at radius 1 is 1.07 bits per heavy atom. The summed E-state index contributed by atoms with van der Waals surface area (Å²) in [6.07, 6.45) is 1.52. The molecule has 5 heteroatoms. The maximum atomic E-state index is 12.4. The Morgan fingerprint density at radius 2 is 1.93 bits per heavy atom. The highest BCUT2D eigenvalue weighted by atomic mass is 16.5. The molecular weight excluding hydrogens is 352 g/mol. The minimum Gasteiger partial charge on any atom is -0.491 e. The molecule has 0 unspecified atom stereocenters. The average molecular weight is 380 g/mol. The third-order valence-electron chi connectivity index (χ3n) is 5.59. The number of methoxy groups -OCH3 is 1. The van der Waals surface area contributed by atoms with Crippen molar-refractivity contribution in [3.8, 4) is 5.75 Å². The van der Waals surface area contributed by atoms with Crippen LogP contribution in [0.25, 0.3) is 0 Å². The van der Waals surface area contributed by atoms with E-state index in [1.54, 1.807) is 7.11 Å². The summed E-state index contributed by atoms with van der Waals surface area (Å²) in [6, 6.07) is 15.1. The molecule has 148 valence electrons. The van der Waals surface area contributed by atoms with Gasteiger partial charge in [0.15, 0.2) is 0 Å². The average Bonchev–Trinajstić information content (AvgIpc) is 2.94. The Kier molecular flexibility index (Phi) is 5.93. The molecule has 2 aromatic carbocycles. The molecule has 0 spiro atoms. The van der Waals surface area contributed by atoms with E-state index in [1.165, 1.54) is 16.7 Å². The van der Waals surface area contributed by atoms with Gasteiger partial charge >= 0.3 is 0 Å². The van der Waals surface area contributed by atoms with Crippen LogP contribution < -0.4 is 4.74 Å². The summed E-state index contributed by atoms with van der Waals surface area (Å²) < 4.78 is 10.9. The van der Waals surface area contributed by atoms with Crippen molar-refractivity contribution in [2.45, 2.75) is 32.5 Å². The van der Waals surface area contributed by atoms with Gasteiger partial charge in [-0.25, -0.2) is 0 Å². The van der Waals surface area contributed by atoms with Crippen LogP contribution in [0.2, 0.25) is 0 Å². The maximum Gasteiger partial charge on any atom is 0.225 e. The fourth-order valence-corrected chi connectivity index (χ4v) is 4.05. The van der Waals surface area contributed by atoms with E-state index in [2.05, 4.69) is 47.4 Å². The van der Waals surface area contributed by atoms with Crippen LogP contribution in [0, 0.1) is 0 Å². The molecule has 0 bridgehead atoms. The van der Waals surface area contributed by atoms with Gasteiger partial charge in [-0.1, -0.05) is 30.3 Å². The summed E-state index contributed by atoms with van der Waals surface area (Å²) in [5.74, 6) is 1.02. The lowest BCUT2D eigenvalue weighted by Gasteiger charge is -2.29. The Labute approximate surface area is 166 Å². The van der Waals surface area contributed by atoms with Gasteiger partial charge in [-0.15, -0.1) is 0 Å². The van der Waals surface area contributed by atoms with E-state index in [0.717, 1.165) is 37.4 Å². The largest absolute Gasteiger partial charge is 0.491 e. The van der Waals surface area contributed by atoms with Gasteiger partial charge in [0, 0.05) is 38.9 Å². The van der Waals surface area contributed by atoms with Gasteiger partial charge in [-0.2, -0.15) is 0 Å². The van der Waals surface area contributed by atoms with Crippen LogP contribution in [0.4, 0.5) is 0 Å². The Morgan fingerprint density at radius 3 is 2.79 bits per heavy atom. The fraction of sp³-hybridized carbons (Fsp3) is 0.435. The number of amides is 1. The Balaban J connectivity index is 1.45. The lowest BCUT2D eigenvalue weighted by Crippen LogP contribution is -2.33. The summed E-state index contributed by atoms with van der Waals surface area (Å²) in [4.78, 5) is 16.8. The van der Waals surface area contributed by atoms with Crippen molar-refractivity contribution >= 4 is 5.91 Å². The molecular formula is C23H28N2O3. The van der Waals surface area contributed by atoms with E-state index >= 15 is 0 Å². The SMILES string of the molecule is COCCC(=O)N1CCOc2ccc(CN3CCc4ccccc4C3)cc2C1. The van der Waals surface area contributed by atoms with Crippen molar-refractivity contribution in [3.05, 3.63) is 64.7 Å². The number of fused-ring (bicyclic) bond motifs is 2. The second-order valence-corrected chi connectivity index (χ2v) is 7.58. The summed E-state index contributed by atoms with van der Waals surface area (Å²) in [5, 5.41) is 0. The van der Waals surface area contributed by atoms with Crippen LogP contribution in [0.5, 0.6) is 5.75 Å². The molecule has 0 N–H and O–H groups in total. The second kappa shape index (κ2) is 8.76. The zero-order valence-electron chi connectivity index (χ0n) is 16.5. The zero-order valence-corrected chi connectivity index (χ0v) is 16.5. The van der Waals surface area contributed by atoms with Gasteiger partial charge in [-0.3, -0.25) is 9.69 Å². The summed E-state index contributed by atoms with van der Waals surface area (Å²) in [7, 11) is 1.62. The van der Waals surface area contributed by atoms with Crippen LogP contribution in [0.1, 0.15) is 28.7 Å². The first kappa shape index (κ1) is 19.0. The van der Waals surface area contributed by atoms with Gasteiger partial charge < -0.3 is 14.4 Å². The molecule has 2 aliphatic heterocycles. The topological polar surface area (TPSA) is 42.0 Å². The van der Waals surface area contributed by atoms with Crippen molar-refractivity contribution in [1.82, 2.24) is 9.80 Å². The Bertz CT molecular complexity index is 836. The quantitative estimate of drug-likeness (QED) is 0.800. The van der Waals surface area contributed by atoms with Crippen molar-refractivity contribution < 1.29 is 14.3 Å². The van der Waals surface area contributed by atoms with Gasteiger partial charge in [0.05, 0.1) is 19.6 Å². The molecule has 2 aliphatic rings. The number of carbonyl (C=O) groups is 1. The first-order valence-corrected chi connectivity index (χ1v) is 10.0. The molecule has 0 aromatic heterocycles. The minimum atomic E-state index is 0.122. The van der Waals surface area contributed by atoms with Crippen LogP contribution >= 0.6 is 0 Å². The maximum absolute atomic E-state index is 12.4. The highest BCUT2D eigenvalue weighted by molar-refractivity contribution is 5.76. The van der Waals surface area contributed by atoms with E-state index in [9.17, 15) is 4.79 Å². The van der Waals surface area contributed by atoms with Crippen molar-refractivity contribution in [2.75, 3.05) is 33.4 Å². The van der Waals surface area contributed by atoms with Crippen LogP contribution in [0.3, 0.4) is 0 Å². The van der Waals surface area contributed by atoms with Crippen LogP contribution in [0.15, 0.2) is 42.5 Å². The fourth-order valence-electron chi connectivity index (χ4n) is 4.05. The smallest absolute Gasteiger partial charge is 0.225 e. The highest BCUT2D eigenvalue weighted by Gasteiger charge is 2.21. The van der Waals surface area contributed by atoms with E-state index < -0.39 is 0 Å². The molecule has 5 nitrogen and oxygen atoms in total. The predicted molar refractivity (Wildman–Crippen MR) is 108 cm³/mol. The van der Waals surface area contributed by atoms with E-state index in [0.29, 0.717) is 32.7 Å². The third-order valence-corrected chi connectivity index (χ3v) is 5.59. The first-order valence-electron chi connectivity index (χ1n) is 10.0. The summed E-state index contributed by atoms with van der Waals surface area (Å²) in [6.45, 7) is 5.20. The van der Waals surface area contributed by atoms with Crippen molar-refractivity contribution in [2.24, 2.45) is 0 Å². The number of nitrogens with zero attached hydrogens (tertiary/aromatic N) is 2. The highest BCUT2D eigenvalue weighted by Crippen LogP contribution is 2.26. The molecule has 1 amide bonds. The van der Waals surface area contributed by atoms with Crippen molar-refractivity contribution in [3.63, 3.8) is 0 Å². The number of benzene rings is 2. The normalized spacial score (nSPS) is 16.7. The molecule has 0 radical (unpaired) electrons. The van der Waals surface area contributed by atoms with E-state index in [-0.39, 0.29) is 5.91 Å². The number of ether oxygens (including phenoxy) is 2. The molecule has 28 heavy (non-hydrogen) atoms. The Hall–Kier alpha value is -2.37. The second-order valence-electron chi connectivity index (χ2n) is 7.58. The minimum absolute atomic E-state index is 0.122. The van der Waals surface area contributed by atoms with Gasteiger partial charge in [0.1, 0.15) is 12.4 Å². The third kappa shape index (κ3) is 4.37. The van der Waals surface area contributed by atoms with Crippen LogP contribution in [-0.2, 0) is 35.6 Å². The van der Waals surface area contributed by atoms with Gasteiger partial charge in [-0.05, 0) is 35.2 Å². The number of rotatable bonds is 5. The molecule has 0 fully saturated rings. The van der Waals surface area contributed by atoms with Gasteiger partial charge in [0.25, 0.3) is 0 Å². The molecule has 2 aromatic rings. The zero-order chi connectivity index (χ0) is 19.3. The lowest BCUT2D eigenvalue weighted by atomic mass is 9.99. The monoisotopic (exact) mass is 380 g/mol. The number of hydrogen-bond acceptors (Lipinski definition) is 4. The van der Waals surface area contributed by atoms with E-state index in [1.807, 2.05) is 4.90 Å². The van der Waals surface area contributed by atoms with Crippen LogP contribution in [-0.4, -0.2) is 49.1 Å². The lowest BCUT2D eigenvalue weighted by molar-refractivity contribution is -0.132. The van der Waals surface area contributed by atoms with Crippen molar-refractivity contribution in [1.29, 1.82) is 0 Å². The summed E-state index contributed by atoms with van der Waals surface area (Å²) >= 11 is 0. The molecule has 0 aliphatic carbocycles. The molecule has 4 rings (SSSR count). The molecule has 0 atom stereocenters. The molecule has 0 saturated heterocycles. The number of hydrogen-bond donors (Lipinski definition) is 0. The van der Waals surface area contributed by atoms with Gasteiger partial charge in [0.2, 0.25) is 5.91 Å². The molecule has 2 heterocycles. The first-order chi connectivity index (χ1) is 13.7. The molecule has 0 saturated carbocycles.